The molecule has 1 aliphatic heterocycles. The molecule has 0 radical (unpaired) electrons. The summed E-state index contributed by atoms with van der Waals surface area (Å²) in [6.45, 7) is 1.27. The zero-order valence-corrected chi connectivity index (χ0v) is 22.6. The number of benzene rings is 3. The van der Waals surface area contributed by atoms with Crippen molar-refractivity contribution in [2.75, 3.05) is 36.8 Å². The molecule has 192 valence electrons. The van der Waals surface area contributed by atoms with E-state index in [9.17, 15) is 14.4 Å². The number of nitrogens with one attached hydrogen (secondary N) is 2. The highest BCUT2D eigenvalue weighted by Crippen LogP contribution is 2.33. The van der Waals surface area contributed by atoms with Crippen molar-refractivity contribution in [1.29, 1.82) is 0 Å². The Kier molecular flexibility index (Phi) is 8.91. The van der Waals surface area contributed by atoms with Crippen LogP contribution >= 0.6 is 39.1 Å². The molecular weight excluding hydrogens is 583 g/mol. The lowest BCUT2D eigenvalue weighted by molar-refractivity contribution is -0.143. The lowest BCUT2D eigenvalue weighted by atomic mass is 10.2. The first-order valence-electron chi connectivity index (χ1n) is 11.4. The first-order chi connectivity index (χ1) is 17.8. The van der Waals surface area contributed by atoms with Gasteiger partial charge in [-0.2, -0.15) is 0 Å². The van der Waals surface area contributed by atoms with Crippen molar-refractivity contribution >= 4 is 68.4 Å². The molecule has 8 nitrogen and oxygen atoms in total. The summed E-state index contributed by atoms with van der Waals surface area (Å²) < 4.78 is 6.73. The summed E-state index contributed by atoms with van der Waals surface area (Å²) in [5, 5.41) is 6.31. The minimum absolute atomic E-state index is 0.214. The normalized spacial score (nSPS) is 13.5. The van der Waals surface area contributed by atoms with Crippen LogP contribution in [0.2, 0.25) is 10.0 Å². The van der Waals surface area contributed by atoms with Crippen molar-refractivity contribution in [1.82, 2.24) is 9.80 Å². The minimum Gasteiger partial charge on any atom is -0.455 e. The van der Waals surface area contributed by atoms with Crippen LogP contribution in [0.25, 0.3) is 0 Å². The van der Waals surface area contributed by atoms with Crippen LogP contribution in [0.5, 0.6) is 11.5 Å². The van der Waals surface area contributed by atoms with Crippen LogP contribution in [0.4, 0.5) is 16.2 Å². The molecule has 37 heavy (non-hydrogen) atoms. The minimum atomic E-state index is -0.821. The number of urea groups is 1. The van der Waals surface area contributed by atoms with Gasteiger partial charge >= 0.3 is 17.8 Å². The molecule has 11 heteroatoms. The predicted octanol–water partition coefficient (Wildman–Crippen LogP) is 6.25. The van der Waals surface area contributed by atoms with E-state index < -0.39 is 11.8 Å². The number of nitrogens with zero attached hydrogens (tertiary/aromatic N) is 2. The summed E-state index contributed by atoms with van der Waals surface area (Å²) in [5.74, 6) is -0.644. The average Bonchev–Trinajstić information content (AvgIpc) is 3.12. The third-order valence-corrected chi connectivity index (χ3v) is 6.52. The summed E-state index contributed by atoms with van der Waals surface area (Å²) in [5.41, 5.74) is 0.847. The van der Waals surface area contributed by atoms with Crippen molar-refractivity contribution in [2.24, 2.45) is 0 Å². The number of anilines is 2. The molecule has 3 aromatic carbocycles. The van der Waals surface area contributed by atoms with Crippen molar-refractivity contribution in [3.63, 3.8) is 0 Å². The largest absolute Gasteiger partial charge is 0.455 e. The van der Waals surface area contributed by atoms with Gasteiger partial charge in [0, 0.05) is 46.4 Å². The van der Waals surface area contributed by atoms with Crippen molar-refractivity contribution in [3.05, 3.63) is 81.2 Å². The van der Waals surface area contributed by atoms with E-state index in [0.717, 1.165) is 4.47 Å². The molecule has 1 aliphatic rings. The number of amides is 4. The van der Waals surface area contributed by atoms with Gasteiger partial charge in [0.15, 0.2) is 5.75 Å². The molecule has 0 aromatic heterocycles. The predicted molar refractivity (Wildman–Crippen MR) is 148 cm³/mol. The van der Waals surface area contributed by atoms with Crippen LogP contribution in [0.3, 0.4) is 0 Å². The van der Waals surface area contributed by atoms with Gasteiger partial charge in [-0.1, -0.05) is 51.3 Å². The second-order valence-electron chi connectivity index (χ2n) is 8.23. The molecule has 4 amide bonds. The Morgan fingerprint density at radius 2 is 1.54 bits per heavy atom. The maximum Gasteiger partial charge on any atom is 0.321 e. The number of hydrogen-bond donors (Lipinski definition) is 2. The zero-order chi connectivity index (χ0) is 26.4. The lowest BCUT2D eigenvalue weighted by Gasteiger charge is -2.22. The maximum atomic E-state index is 13.0. The van der Waals surface area contributed by atoms with E-state index in [2.05, 4.69) is 26.6 Å². The van der Waals surface area contributed by atoms with E-state index in [1.165, 1.54) is 11.0 Å². The van der Waals surface area contributed by atoms with Gasteiger partial charge in [-0.3, -0.25) is 9.59 Å². The van der Waals surface area contributed by atoms with Crippen molar-refractivity contribution in [3.8, 4) is 11.5 Å². The summed E-state index contributed by atoms with van der Waals surface area (Å²) in [7, 11) is 0. The first kappa shape index (κ1) is 26.8. The molecule has 3 aromatic rings. The van der Waals surface area contributed by atoms with E-state index in [1.54, 1.807) is 53.4 Å². The summed E-state index contributed by atoms with van der Waals surface area (Å²) in [4.78, 5) is 41.5. The quantitative estimate of drug-likeness (QED) is 0.344. The number of hydrogen-bond acceptors (Lipinski definition) is 4. The average molecular weight is 606 g/mol. The monoisotopic (exact) mass is 604 g/mol. The standard InChI is InChI=1S/C26H23BrCl2N4O4/c27-17-4-1-7-21(14-17)37-23-9-8-19(29)16-22(23)31-24(34)25(35)32-10-3-11-33(13-12-32)26(36)30-20-6-2-5-18(28)15-20/h1-2,4-9,14-16H,3,10-13H2,(H,30,36)(H,31,34). The van der Waals surface area contributed by atoms with E-state index >= 15 is 0 Å². The third-order valence-electron chi connectivity index (χ3n) is 5.55. The number of ether oxygens (including phenoxy) is 1. The van der Waals surface area contributed by atoms with Crippen LogP contribution in [-0.4, -0.2) is 53.8 Å². The first-order valence-corrected chi connectivity index (χ1v) is 13.0. The zero-order valence-electron chi connectivity index (χ0n) is 19.5. The van der Waals surface area contributed by atoms with Crippen LogP contribution in [0, 0.1) is 0 Å². The molecule has 1 saturated heterocycles. The van der Waals surface area contributed by atoms with E-state index in [1.807, 2.05) is 12.1 Å². The van der Waals surface area contributed by atoms with E-state index in [4.69, 9.17) is 27.9 Å². The van der Waals surface area contributed by atoms with Gasteiger partial charge < -0.3 is 25.2 Å². The molecule has 0 bridgehead atoms. The summed E-state index contributed by atoms with van der Waals surface area (Å²) in [6, 6.07) is 18.5. The van der Waals surface area contributed by atoms with E-state index in [-0.39, 0.29) is 24.8 Å². The highest BCUT2D eigenvalue weighted by Gasteiger charge is 2.27. The number of rotatable bonds is 4. The maximum absolute atomic E-state index is 13.0. The fourth-order valence-electron chi connectivity index (χ4n) is 3.76. The Labute approximate surface area is 232 Å². The molecule has 0 spiro atoms. The molecule has 0 aliphatic carbocycles. The second kappa shape index (κ2) is 12.3. The van der Waals surface area contributed by atoms with Crippen molar-refractivity contribution < 1.29 is 19.1 Å². The molecule has 0 saturated carbocycles. The summed E-state index contributed by atoms with van der Waals surface area (Å²) >= 11 is 15.5. The van der Waals surface area contributed by atoms with Crippen LogP contribution in [0.15, 0.2) is 71.2 Å². The van der Waals surface area contributed by atoms with Crippen molar-refractivity contribution in [2.45, 2.75) is 6.42 Å². The second-order valence-corrected chi connectivity index (χ2v) is 10.0. The van der Waals surface area contributed by atoms with Crippen LogP contribution in [0.1, 0.15) is 6.42 Å². The number of carbonyl (C=O) groups excluding carboxylic acids is 3. The Hall–Kier alpha value is -3.27. The Morgan fingerprint density at radius 1 is 0.811 bits per heavy atom. The smallest absolute Gasteiger partial charge is 0.321 e. The number of halogens is 3. The molecule has 1 heterocycles. The highest BCUT2D eigenvalue weighted by atomic mass is 79.9. The molecule has 2 N–H and O–H groups in total. The van der Waals surface area contributed by atoms with Gasteiger partial charge in [-0.05, 0) is 61.0 Å². The Morgan fingerprint density at radius 3 is 2.32 bits per heavy atom. The molecule has 1 fully saturated rings. The van der Waals surface area contributed by atoms with Crippen LogP contribution in [-0.2, 0) is 9.59 Å². The molecule has 4 rings (SSSR count). The Bertz CT molecular complexity index is 1320. The topological polar surface area (TPSA) is 91.0 Å². The van der Waals surface area contributed by atoms with Gasteiger partial charge in [-0.25, -0.2) is 4.79 Å². The van der Waals surface area contributed by atoms with Gasteiger partial charge in [0.05, 0.1) is 5.69 Å². The molecular formula is C26H23BrCl2N4O4. The fourth-order valence-corrected chi connectivity index (χ4v) is 4.50. The lowest BCUT2D eigenvalue weighted by Crippen LogP contribution is -2.43. The van der Waals surface area contributed by atoms with Gasteiger partial charge in [-0.15, -0.1) is 0 Å². The fraction of sp³-hybridized carbons (Fsp3) is 0.192. The third kappa shape index (κ3) is 7.38. The Balaban J connectivity index is 1.38. The number of carbonyl (C=O) groups is 3. The van der Waals surface area contributed by atoms with Crippen LogP contribution < -0.4 is 15.4 Å². The van der Waals surface area contributed by atoms with E-state index in [0.29, 0.717) is 46.7 Å². The SMILES string of the molecule is O=C(Nc1cc(Cl)ccc1Oc1cccc(Br)c1)C(=O)N1CCCN(C(=O)Nc2cccc(Cl)c2)CC1. The van der Waals surface area contributed by atoms with Gasteiger partial charge in [0.1, 0.15) is 5.75 Å². The summed E-state index contributed by atoms with van der Waals surface area (Å²) in [6.07, 6.45) is 0.524. The molecule has 0 atom stereocenters. The molecule has 0 unspecified atom stereocenters. The highest BCUT2D eigenvalue weighted by molar-refractivity contribution is 9.10. The van der Waals surface area contributed by atoms with Gasteiger partial charge in [0.25, 0.3) is 0 Å². The van der Waals surface area contributed by atoms with Gasteiger partial charge in [0.2, 0.25) is 0 Å².